The molecule has 0 bridgehead atoms. The first-order chi connectivity index (χ1) is 16.0. The van der Waals surface area contributed by atoms with Gasteiger partial charge in [-0.25, -0.2) is 0 Å². The minimum absolute atomic E-state index is 0.107. The van der Waals surface area contributed by atoms with Crippen LogP contribution in [-0.2, 0) is 9.53 Å². The molecule has 1 aliphatic rings. The summed E-state index contributed by atoms with van der Waals surface area (Å²) < 4.78 is 11.1. The molecule has 1 unspecified atom stereocenters. The summed E-state index contributed by atoms with van der Waals surface area (Å²) in [6.45, 7) is 4.86. The molecule has 33 heavy (non-hydrogen) atoms. The Morgan fingerprint density at radius 2 is 1.48 bits per heavy atom. The minimum Gasteiger partial charge on any atom is -0.481 e. The highest BCUT2D eigenvalue weighted by atomic mass is 35.5. The molecule has 3 aromatic rings. The number of nitrogens with zero attached hydrogens (tertiary/aromatic N) is 1. The fraction of sp³-hybridized carbons (Fsp3) is 0.231. The van der Waals surface area contributed by atoms with Crippen molar-refractivity contribution in [2.24, 2.45) is 0 Å². The number of carbonyl (C=O) groups is 2. The van der Waals surface area contributed by atoms with Gasteiger partial charge in [-0.05, 0) is 79.7 Å². The second-order valence-electron chi connectivity index (χ2n) is 7.76. The van der Waals surface area contributed by atoms with E-state index >= 15 is 0 Å². The zero-order valence-electron chi connectivity index (χ0n) is 18.3. The lowest BCUT2D eigenvalue weighted by Gasteiger charge is -2.29. The highest BCUT2D eigenvalue weighted by molar-refractivity contribution is 6.30. The van der Waals surface area contributed by atoms with Crippen LogP contribution in [0.5, 0.6) is 5.75 Å². The number of benzene rings is 3. The molecular formula is C26H25ClN2O4. The van der Waals surface area contributed by atoms with E-state index in [1.807, 2.05) is 24.3 Å². The molecule has 4 rings (SSSR count). The Hall–Kier alpha value is -3.35. The predicted octanol–water partition coefficient (Wildman–Crippen LogP) is 4.81. The maximum Gasteiger partial charge on any atom is 0.265 e. The van der Waals surface area contributed by atoms with E-state index in [0.29, 0.717) is 27.6 Å². The lowest BCUT2D eigenvalue weighted by Crippen LogP contribution is -2.36. The second kappa shape index (κ2) is 10.5. The highest BCUT2D eigenvalue weighted by Gasteiger charge is 2.16. The summed E-state index contributed by atoms with van der Waals surface area (Å²) in [4.78, 5) is 27.4. The summed E-state index contributed by atoms with van der Waals surface area (Å²) in [5.41, 5.74) is 2.90. The number of halogens is 1. The third kappa shape index (κ3) is 5.92. The third-order valence-corrected chi connectivity index (χ3v) is 5.67. The van der Waals surface area contributed by atoms with E-state index < -0.39 is 6.10 Å². The second-order valence-corrected chi connectivity index (χ2v) is 8.19. The zero-order valence-corrected chi connectivity index (χ0v) is 19.0. The molecule has 1 aliphatic heterocycles. The smallest absolute Gasteiger partial charge is 0.265 e. The van der Waals surface area contributed by atoms with Crippen LogP contribution < -0.4 is 15.0 Å². The van der Waals surface area contributed by atoms with Crippen molar-refractivity contribution in [1.29, 1.82) is 0 Å². The molecule has 1 N–H and O–H groups in total. The van der Waals surface area contributed by atoms with Crippen molar-refractivity contribution >= 4 is 34.7 Å². The van der Waals surface area contributed by atoms with Crippen molar-refractivity contribution in [3.63, 3.8) is 0 Å². The number of carbonyl (C=O) groups excluding carboxylic acids is 2. The summed E-state index contributed by atoms with van der Waals surface area (Å²) in [6.07, 6.45) is -0.707. The Morgan fingerprint density at radius 1 is 0.909 bits per heavy atom. The molecule has 170 valence electrons. The van der Waals surface area contributed by atoms with Crippen LogP contribution in [0.2, 0.25) is 5.02 Å². The van der Waals surface area contributed by atoms with Crippen molar-refractivity contribution in [1.82, 2.24) is 0 Å². The molecule has 1 atom stereocenters. The van der Waals surface area contributed by atoms with Crippen LogP contribution in [0.1, 0.15) is 22.8 Å². The lowest BCUT2D eigenvalue weighted by molar-refractivity contribution is -0.122. The SMILES string of the molecule is CC(Oc1ccc(C(=O)c2ccc(Cl)cc2)cc1)C(=O)Nc1ccc(N2CCOCC2)cc1. The molecule has 7 heteroatoms. The lowest BCUT2D eigenvalue weighted by atomic mass is 10.0. The van der Waals surface area contributed by atoms with Gasteiger partial charge in [0.25, 0.3) is 5.91 Å². The largest absolute Gasteiger partial charge is 0.481 e. The van der Waals surface area contributed by atoms with Gasteiger partial charge in [-0.15, -0.1) is 0 Å². The van der Waals surface area contributed by atoms with E-state index in [2.05, 4.69) is 10.2 Å². The van der Waals surface area contributed by atoms with Gasteiger partial charge in [0.2, 0.25) is 0 Å². The normalized spacial score (nSPS) is 14.4. The number of amides is 1. The van der Waals surface area contributed by atoms with Gasteiger partial charge in [-0.2, -0.15) is 0 Å². The number of rotatable bonds is 7. The molecule has 1 saturated heterocycles. The van der Waals surface area contributed by atoms with Crippen LogP contribution in [0, 0.1) is 0 Å². The fourth-order valence-corrected chi connectivity index (χ4v) is 3.66. The maximum atomic E-state index is 12.6. The summed E-state index contributed by atoms with van der Waals surface area (Å²) in [5, 5.41) is 3.45. The number of morpholine rings is 1. The maximum absolute atomic E-state index is 12.6. The Kier molecular flexibility index (Phi) is 7.27. The molecule has 0 saturated carbocycles. The van der Waals surface area contributed by atoms with Gasteiger partial charge in [-0.1, -0.05) is 11.6 Å². The van der Waals surface area contributed by atoms with E-state index in [4.69, 9.17) is 21.1 Å². The van der Waals surface area contributed by atoms with Crippen molar-refractivity contribution in [3.8, 4) is 5.75 Å². The molecule has 0 radical (unpaired) electrons. The van der Waals surface area contributed by atoms with Crippen LogP contribution in [0.25, 0.3) is 0 Å². The van der Waals surface area contributed by atoms with Gasteiger partial charge >= 0.3 is 0 Å². The summed E-state index contributed by atoms with van der Waals surface area (Å²) >= 11 is 5.88. The topological polar surface area (TPSA) is 67.9 Å². The Balaban J connectivity index is 1.32. The van der Waals surface area contributed by atoms with Gasteiger partial charge in [0, 0.05) is 40.6 Å². The van der Waals surface area contributed by atoms with Gasteiger partial charge < -0.3 is 19.7 Å². The van der Waals surface area contributed by atoms with Crippen LogP contribution in [0.3, 0.4) is 0 Å². The van der Waals surface area contributed by atoms with E-state index in [1.54, 1.807) is 55.5 Å². The average Bonchev–Trinajstić information content (AvgIpc) is 2.85. The number of ether oxygens (including phenoxy) is 2. The van der Waals surface area contributed by atoms with E-state index in [0.717, 1.165) is 32.0 Å². The first kappa shape index (κ1) is 22.8. The van der Waals surface area contributed by atoms with Gasteiger partial charge in [0.1, 0.15) is 5.75 Å². The number of ketones is 1. The standard InChI is InChI=1S/C26H25ClN2O4/c1-18(26(31)28-22-8-10-23(11-9-22)29-14-16-32-17-15-29)33-24-12-4-20(5-13-24)25(30)19-2-6-21(27)7-3-19/h2-13,18H,14-17H2,1H3,(H,28,31). The average molecular weight is 465 g/mol. The zero-order chi connectivity index (χ0) is 23.2. The molecule has 1 heterocycles. The summed E-state index contributed by atoms with van der Waals surface area (Å²) in [7, 11) is 0. The molecule has 3 aromatic carbocycles. The highest BCUT2D eigenvalue weighted by Crippen LogP contribution is 2.21. The molecule has 0 spiro atoms. The Morgan fingerprint density at radius 3 is 2.09 bits per heavy atom. The predicted molar refractivity (Wildman–Crippen MR) is 130 cm³/mol. The van der Waals surface area contributed by atoms with Crippen LogP contribution in [-0.4, -0.2) is 44.1 Å². The van der Waals surface area contributed by atoms with E-state index in [9.17, 15) is 9.59 Å². The Labute approximate surface area is 198 Å². The van der Waals surface area contributed by atoms with E-state index in [1.165, 1.54) is 0 Å². The molecule has 6 nitrogen and oxygen atoms in total. The minimum atomic E-state index is -0.707. The Bertz CT molecular complexity index is 1090. The van der Waals surface area contributed by atoms with Crippen molar-refractivity contribution < 1.29 is 19.1 Å². The monoisotopic (exact) mass is 464 g/mol. The number of hydrogen-bond acceptors (Lipinski definition) is 5. The number of hydrogen-bond donors (Lipinski definition) is 1. The van der Waals surface area contributed by atoms with Crippen molar-refractivity contribution in [2.45, 2.75) is 13.0 Å². The van der Waals surface area contributed by atoms with E-state index in [-0.39, 0.29) is 11.7 Å². The quantitative estimate of drug-likeness (QED) is 0.508. The van der Waals surface area contributed by atoms with Gasteiger partial charge in [0.15, 0.2) is 11.9 Å². The molecule has 0 aliphatic carbocycles. The third-order valence-electron chi connectivity index (χ3n) is 5.42. The van der Waals surface area contributed by atoms with Crippen molar-refractivity contribution in [3.05, 3.63) is 88.9 Å². The summed E-state index contributed by atoms with van der Waals surface area (Å²) in [6, 6.07) is 21.2. The first-order valence-corrected chi connectivity index (χ1v) is 11.2. The van der Waals surface area contributed by atoms with Gasteiger partial charge in [-0.3, -0.25) is 9.59 Å². The number of anilines is 2. The van der Waals surface area contributed by atoms with Gasteiger partial charge in [0.05, 0.1) is 13.2 Å². The molecule has 1 amide bonds. The molecule has 0 aromatic heterocycles. The molecular weight excluding hydrogens is 440 g/mol. The van der Waals surface area contributed by atoms with Crippen LogP contribution >= 0.6 is 11.6 Å². The summed E-state index contributed by atoms with van der Waals surface area (Å²) in [5.74, 6) is 0.146. The fourth-order valence-electron chi connectivity index (χ4n) is 3.53. The first-order valence-electron chi connectivity index (χ1n) is 10.8. The molecule has 1 fully saturated rings. The number of nitrogens with one attached hydrogen (secondary N) is 1. The van der Waals surface area contributed by atoms with Crippen molar-refractivity contribution in [2.75, 3.05) is 36.5 Å². The van der Waals surface area contributed by atoms with Crippen LogP contribution in [0.4, 0.5) is 11.4 Å². The van der Waals surface area contributed by atoms with Crippen LogP contribution in [0.15, 0.2) is 72.8 Å².